The summed E-state index contributed by atoms with van der Waals surface area (Å²) < 4.78 is 1.13. The Kier molecular flexibility index (Phi) is 5.02. The lowest BCUT2D eigenvalue weighted by Gasteiger charge is -2.27. The number of aliphatic carboxylic acids is 1. The molecule has 1 aromatic heterocycles. The highest BCUT2D eigenvalue weighted by Gasteiger charge is 2.40. The standard InChI is InChI=1S/C28H22N2O3/c1-28(27(32)33,21-13-3-2-4-14-21)30-26(31)24-17-8-7-16-23(24)25(29-30)18-20-12-9-11-19-10-5-6-15-22(19)20/h2-17H,18H2,1H3,(H,32,33). The number of carboxylic acid groups (broad SMARTS) is 1. The van der Waals surface area contributed by atoms with Crippen LogP contribution in [0, 0.1) is 0 Å². The van der Waals surface area contributed by atoms with Gasteiger partial charge in [-0.05, 0) is 34.9 Å². The summed E-state index contributed by atoms with van der Waals surface area (Å²) in [6, 6.07) is 30.2. The number of benzene rings is 4. The summed E-state index contributed by atoms with van der Waals surface area (Å²) in [5, 5.41) is 18.4. The largest absolute Gasteiger partial charge is 0.479 e. The molecule has 0 aliphatic carbocycles. The predicted octanol–water partition coefficient (Wildman–Crippen LogP) is 4.99. The zero-order valence-corrected chi connectivity index (χ0v) is 18.1. The van der Waals surface area contributed by atoms with Gasteiger partial charge < -0.3 is 5.11 Å². The summed E-state index contributed by atoms with van der Waals surface area (Å²) in [6.07, 6.45) is 0.465. The van der Waals surface area contributed by atoms with E-state index in [1.807, 2.05) is 42.5 Å². The van der Waals surface area contributed by atoms with E-state index in [9.17, 15) is 14.7 Å². The summed E-state index contributed by atoms with van der Waals surface area (Å²) in [7, 11) is 0. The van der Waals surface area contributed by atoms with Crippen molar-refractivity contribution in [3.05, 3.63) is 124 Å². The maximum atomic E-state index is 13.5. The highest BCUT2D eigenvalue weighted by atomic mass is 16.4. The molecule has 1 heterocycles. The molecule has 0 fully saturated rings. The minimum Gasteiger partial charge on any atom is -0.479 e. The summed E-state index contributed by atoms with van der Waals surface area (Å²) in [5.74, 6) is -1.14. The van der Waals surface area contributed by atoms with E-state index >= 15 is 0 Å². The molecule has 33 heavy (non-hydrogen) atoms. The van der Waals surface area contributed by atoms with E-state index in [1.54, 1.807) is 36.4 Å². The van der Waals surface area contributed by atoms with Crippen molar-refractivity contribution in [2.45, 2.75) is 18.9 Å². The lowest BCUT2D eigenvalue weighted by Crippen LogP contribution is -2.47. The van der Waals surface area contributed by atoms with Gasteiger partial charge in [0.05, 0.1) is 11.1 Å². The molecule has 5 heteroatoms. The maximum Gasteiger partial charge on any atom is 0.336 e. The molecule has 4 aromatic carbocycles. The van der Waals surface area contributed by atoms with Crippen LogP contribution in [-0.2, 0) is 16.8 Å². The molecule has 0 saturated carbocycles. The van der Waals surface area contributed by atoms with Crippen LogP contribution in [0.2, 0.25) is 0 Å². The average molecular weight is 434 g/mol. The van der Waals surface area contributed by atoms with Gasteiger partial charge in [0.2, 0.25) is 0 Å². The van der Waals surface area contributed by atoms with Gasteiger partial charge in [0.25, 0.3) is 5.56 Å². The third-order valence-electron chi connectivity index (χ3n) is 6.30. The lowest BCUT2D eigenvalue weighted by atomic mass is 9.91. The van der Waals surface area contributed by atoms with Crippen LogP contribution < -0.4 is 5.56 Å². The van der Waals surface area contributed by atoms with Crippen LogP contribution in [0.15, 0.2) is 102 Å². The van der Waals surface area contributed by atoms with Crippen molar-refractivity contribution in [1.82, 2.24) is 9.78 Å². The van der Waals surface area contributed by atoms with Crippen LogP contribution in [0.4, 0.5) is 0 Å². The van der Waals surface area contributed by atoms with E-state index in [4.69, 9.17) is 5.10 Å². The van der Waals surface area contributed by atoms with Gasteiger partial charge in [0.15, 0.2) is 5.54 Å². The van der Waals surface area contributed by atoms with Crippen molar-refractivity contribution in [2.75, 3.05) is 0 Å². The molecule has 5 aromatic rings. The van der Waals surface area contributed by atoms with Crippen LogP contribution in [0.25, 0.3) is 21.5 Å². The van der Waals surface area contributed by atoms with Crippen LogP contribution in [-0.4, -0.2) is 20.9 Å². The first kappa shape index (κ1) is 20.6. The molecule has 0 spiro atoms. The zero-order chi connectivity index (χ0) is 23.0. The van der Waals surface area contributed by atoms with Gasteiger partial charge in [-0.15, -0.1) is 0 Å². The minimum atomic E-state index is -1.66. The third kappa shape index (κ3) is 3.38. The Balaban J connectivity index is 1.78. The second-order valence-corrected chi connectivity index (χ2v) is 8.27. The Morgan fingerprint density at radius 2 is 1.42 bits per heavy atom. The molecule has 1 unspecified atom stereocenters. The lowest BCUT2D eigenvalue weighted by molar-refractivity contribution is -0.145. The van der Waals surface area contributed by atoms with Gasteiger partial charge in [-0.1, -0.05) is 91.0 Å². The second-order valence-electron chi connectivity index (χ2n) is 8.27. The fourth-order valence-electron chi connectivity index (χ4n) is 4.42. The molecule has 5 nitrogen and oxygen atoms in total. The van der Waals surface area contributed by atoms with Crippen LogP contribution in [0.3, 0.4) is 0 Å². The Labute approximate surface area is 190 Å². The molecule has 0 aliphatic heterocycles. The summed E-state index contributed by atoms with van der Waals surface area (Å²) >= 11 is 0. The Bertz CT molecular complexity index is 1550. The number of rotatable bonds is 5. The molecular formula is C28H22N2O3. The fourth-order valence-corrected chi connectivity index (χ4v) is 4.42. The summed E-state index contributed by atoms with van der Waals surface area (Å²) in [4.78, 5) is 26.1. The fraction of sp³-hybridized carbons (Fsp3) is 0.107. The number of aromatic nitrogens is 2. The number of carbonyl (C=O) groups is 1. The molecule has 5 rings (SSSR count). The summed E-state index contributed by atoms with van der Waals surface area (Å²) in [6.45, 7) is 1.52. The van der Waals surface area contributed by atoms with Gasteiger partial charge in [0, 0.05) is 11.8 Å². The van der Waals surface area contributed by atoms with E-state index in [0.29, 0.717) is 23.1 Å². The monoisotopic (exact) mass is 434 g/mol. The number of hydrogen-bond donors (Lipinski definition) is 1. The quantitative estimate of drug-likeness (QED) is 0.423. The number of carboxylic acids is 1. The smallest absolute Gasteiger partial charge is 0.336 e. The molecular weight excluding hydrogens is 412 g/mol. The van der Waals surface area contributed by atoms with Gasteiger partial charge in [-0.25, -0.2) is 9.48 Å². The van der Waals surface area contributed by atoms with Crippen molar-refractivity contribution in [2.24, 2.45) is 0 Å². The van der Waals surface area contributed by atoms with E-state index < -0.39 is 17.1 Å². The van der Waals surface area contributed by atoms with Gasteiger partial charge in [-0.2, -0.15) is 5.10 Å². The average Bonchev–Trinajstić information content (AvgIpc) is 2.86. The Morgan fingerprint density at radius 1 is 0.818 bits per heavy atom. The van der Waals surface area contributed by atoms with E-state index in [0.717, 1.165) is 26.4 Å². The van der Waals surface area contributed by atoms with Crippen molar-refractivity contribution in [3.63, 3.8) is 0 Å². The second kappa shape index (κ2) is 8.02. The third-order valence-corrected chi connectivity index (χ3v) is 6.30. The Hall–Kier alpha value is -4.25. The van der Waals surface area contributed by atoms with Crippen LogP contribution in [0.5, 0.6) is 0 Å². The zero-order valence-electron chi connectivity index (χ0n) is 18.1. The normalized spacial score (nSPS) is 13.1. The SMILES string of the molecule is CC(C(=O)O)(c1ccccc1)n1nc(Cc2cccc3ccccc23)c2ccccc2c1=O. The van der Waals surface area contributed by atoms with Crippen molar-refractivity contribution in [1.29, 1.82) is 0 Å². The first-order valence-electron chi connectivity index (χ1n) is 10.8. The first-order chi connectivity index (χ1) is 16.0. The van der Waals surface area contributed by atoms with Gasteiger partial charge in [0.1, 0.15) is 0 Å². The minimum absolute atomic E-state index is 0.430. The highest BCUT2D eigenvalue weighted by Crippen LogP contribution is 2.28. The summed E-state index contributed by atoms with van der Waals surface area (Å²) in [5.41, 5.74) is 0.118. The molecule has 0 aliphatic rings. The predicted molar refractivity (Wildman–Crippen MR) is 130 cm³/mol. The van der Waals surface area contributed by atoms with Crippen LogP contribution in [0.1, 0.15) is 23.7 Å². The Morgan fingerprint density at radius 3 is 2.15 bits per heavy atom. The molecule has 1 atom stereocenters. The van der Waals surface area contributed by atoms with E-state index in [-0.39, 0.29) is 0 Å². The first-order valence-corrected chi connectivity index (χ1v) is 10.8. The van der Waals surface area contributed by atoms with E-state index in [1.165, 1.54) is 6.92 Å². The maximum absolute atomic E-state index is 13.5. The van der Waals surface area contributed by atoms with Crippen LogP contribution >= 0.6 is 0 Å². The molecule has 162 valence electrons. The van der Waals surface area contributed by atoms with Crippen molar-refractivity contribution < 1.29 is 9.90 Å². The molecule has 1 N–H and O–H groups in total. The molecule has 0 amide bonds. The van der Waals surface area contributed by atoms with Gasteiger partial charge >= 0.3 is 5.97 Å². The molecule has 0 radical (unpaired) electrons. The van der Waals surface area contributed by atoms with E-state index in [2.05, 4.69) is 18.2 Å². The highest BCUT2D eigenvalue weighted by molar-refractivity contribution is 5.88. The topological polar surface area (TPSA) is 72.2 Å². The number of nitrogens with zero attached hydrogens (tertiary/aromatic N) is 2. The number of fused-ring (bicyclic) bond motifs is 2. The number of hydrogen-bond acceptors (Lipinski definition) is 3. The molecule has 0 saturated heterocycles. The molecule has 0 bridgehead atoms. The van der Waals surface area contributed by atoms with Crippen molar-refractivity contribution in [3.8, 4) is 0 Å². The van der Waals surface area contributed by atoms with Gasteiger partial charge in [-0.3, -0.25) is 4.79 Å². The van der Waals surface area contributed by atoms with Crippen molar-refractivity contribution >= 4 is 27.5 Å².